The number of nitrogens with zero attached hydrogens (tertiary/aromatic N) is 2. The third-order valence-corrected chi connectivity index (χ3v) is 4.24. The number of rotatable bonds is 4. The first-order valence-electron chi connectivity index (χ1n) is 6.92. The molecule has 0 saturated heterocycles. The zero-order valence-electron chi connectivity index (χ0n) is 13.1. The Labute approximate surface area is 133 Å². The molecule has 0 spiro atoms. The quantitative estimate of drug-likeness (QED) is 0.846. The van der Waals surface area contributed by atoms with Crippen molar-refractivity contribution in [1.82, 2.24) is 14.8 Å². The van der Waals surface area contributed by atoms with Gasteiger partial charge in [-0.15, -0.1) is 5.10 Å². The highest BCUT2D eigenvalue weighted by Crippen LogP contribution is 2.23. The maximum atomic E-state index is 11.9. The van der Waals surface area contributed by atoms with Crippen molar-refractivity contribution in [2.24, 2.45) is 7.05 Å². The molecule has 0 aliphatic rings. The lowest BCUT2D eigenvalue weighted by Gasteiger charge is -2.19. The normalized spacial score (nSPS) is 11.5. The number of amides is 1. The van der Waals surface area contributed by atoms with Gasteiger partial charge in [0.1, 0.15) is 0 Å². The van der Waals surface area contributed by atoms with Crippen molar-refractivity contribution >= 4 is 23.4 Å². The van der Waals surface area contributed by atoms with Gasteiger partial charge in [0.05, 0.1) is 5.75 Å². The topological polar surface area (TPSA) is 79.8 Å². The molecule has 2 rings (SSSR count). The highest BCUT2D eigenvalue weighted by molar-refractivity contribution is 7.99. The second-order valence-electron chi connectivity index (χ2n) is 6.03. The number of carbonyl (C=O) groups is 1. The van der Waals surface area contributed by atoms with E-state index in [1.165, 1.54) is 21.9 Å². The maximum Gasteiger partial charge on any atom is 0.343 e. The van der Waals surface area contributed by atoms with Crippen LogP contribution < -0.4 is 11.0 Å². The SMILES string of the molecule is Cn1c(SCC(=O)Nc2ccc(C(C)(C)C)cc2)n[nH]c1=O. The van der Waals surface area contributed by atoms with Gasteiger partial charge in [-0.1, -0.05) is 44.7 Å². The molecule has 0 saturated carbocycles. The molecule has 118 valence electrons. The predicted octanol–water partition coefficient (Wildman–Crippen LogP) is 2.14. The van der Waals surface area contributed by atoms with E-state index >= 15 is 0 Å². The number of H-pyrrole nitrogens is 1. The molecule has 1 aromatic heterocycles. The molecule has 0 radical (unpaired) electrons. The van der Waals surface area contributed by atoms with Crippen LogP contribution in [0.5, 0.6) is 0 Å². The Hall–Kier alpha value is -2.02. The summed E-state index contributed by atoms with van der Waals surface area (Å²) in [6.45, 7) is 6.43. The zero-order valence-corrected chi connectivity index (χ0v) is 14.0. The van der Waals surface area contributed by atoms with Gasteiger partial charge in [-0.05, 0) is 23.1 Å². The third kappa shape index (κ3) is 4.00. The first kappa shape index (κ1) is 16.4. The average Bonchev–Trinajstić information content (AvgIpc) is 2.76. The lowest BCUT2D eigenvalue weighted by atomic mass is 9.87. The van der Waals surface area contributed by atoms with E-state index in [4.69, 9.17) is 0 Å². The standard InChI is InChI=1S/C15H20N4O2S/c1-15(2,3)10-5-7-11(8-6-10)16-12(20)9-22-14-18-17-13(21)19(14)4/h5-8H,9H2,1-4H3,(H,16,20)(H,17,21). The molecule has 0 fully saturated rings. The maximum absolute atomic E-state index is 11.9. The van der Waals surface area contributed by atoms with Crippen LogP contribution >= 0.6 is 11.8 Å². The fourth-order valence-corrected chi connectivity index (χ4v) is 2.56. The summed E-state index contributed by atoms with van der Waals surface area (Å²) >= 11 is 1.21. The highest BCUT2D eigenvalue weighted by atomic mass is 32.2. The minimum Gasteiger partial charge on any atom is -0.325 e. The molecule has 1 heterocycles. The molecule has 0 bridgehead atoms. The van der Waals surface area contributed by atoms with Crippen molar-refractivity contribution in [2.45, 2.75) is 31.3 Å². The second-order valence-corrected chi connectivity index (χ2v) is 6.98. The van der Waals surface area contributed by atoms with Crippen molar-refractivity contribution in [3.8, 4) is 0 Å². The molecule has 6 nitrogen and oxygen atoms in total. The van der Waals surface area contributed by atoms with Crippen LogP contribution in [0.15, 0.2) is 34.2 Å². The second kappa shape index (κ2) is 6.39. The molecular weight excluding hydrogens is 300 g/mol. The molecule has 22 heavy (non-hydrogen) atoms. The van der Waals surface area contributed by atoms with E-state index in [1.807, 2.05) is 24.3 Å². The smallest absolute Gasteiger partial charge is 0.325 e. The molecule has 1 aromatic carbocycles. The number of hydrogen-bond donors (Lipinski definition) is 2. The Bertz CT molecular complexity index is 710. The fourth-order valence-electron chi connectivity index (χ4n) is 1.84. The largest absolute Gasteiger partial charge is 0.343 e. The van der Waals surface area contributed by atoms with Crippen molar-refractivity contribution in [3.63, 3.8) is 0 Å². The minimum absolute atomic E-state index is 0.0864. The van der Waals surface area contributed by atoms with Crippen LogP contribution in [-0.2, 0) is 17.3 Å². The summed E-state index contributed by atoms with van der Waals surface area (Å²) in [5.41, 5.74) is 1.77. The Morgan fingerprint density at radius 2 is 1.95 bits per heavy atom. The van der Waals surface area contributed by atoms with Gasteiger partial charge < -0.3 is 5.32 Å². The summed E-state index contributed by atoms with van der Waals surface area (Å²) in [5.74, 6) is 0.0584. The van der Waals surface area contributed by atoms with E-state index in [9.17, 15) is 9.59 Å². The number of nitrogens with one attached hydrogen (secondary N) is 2. The summed E-state index contributed by atoms with van der Waals surface area (Å²) in [6.07, 6.45) is 0. The van der Waals surface area contributed by atoms with Gasteiger partial charge in [0.15, 0.2) is 5.16 Å². The van der Waals surface area contributed by atoms with Gasteiger partial charge in [-0.2, -0.15) is 0 Å². The summed E-state index contributed by atoms with van der Waals surface area (Å²) in [4.78, 5) is 23.1. The summed E-state index contributed by atoms with van der Waals surface area (Å²) in [6, 6.07) is 7.82. The number of aromatic nitrogens is 3. The number of benzene rings is 1. The Kier molecular flexibility index (Phi) is 4.75. The van der Waals surface area contributed by atoms with Gasteiger partial charge in [0.2, 0.25) is 5.91 Å². The number of aromatic amines is 1. The lowest BCUT2D eigenvalue weighted by Crippen LogP contribution is -2.16. The Morgan fingerprint density at radius 1 is 1.32 bits per heavy atom. The first-order valence-corrected chi connectivity index (χ1v) is 7.90. The average molecular weight is 320 g/mol. The van der Waals surface area contributed by atoms with E-state index in [2.05, 4.69) is 36.3 Å². The molecular formula is C15H20N4O2S. The van der Waals surface area contributed by atoms with Crippen LogP contribution in [0.3, 0.4) is 0 Å². The van der Waals surface area contributed by atoms with Crippen molar-refractivity contribution in [1.29, 1.82) is 0 Å². The van der Waals surface area contributed by atoms with E-state index in [1.54, 1.807) is 7.05 Å². The monoisotopic (exact) mass is 320 g/mol. The molecule has 2 N–H and O–H groups in total. The van der Waals surface area contributed by atoms with Crippen LogP contribution in [0.4, 0.5) is 5.69 Å². The summed E-state index contributed by atoms with van der Waals surface area (Å²) in [5, 5.41) is 9.50. The molecule has 1 amide bonds. The number of hydrogen-bond acceptors (Lipinski definition) is 4. The van der Waals surface area contributed by atoms with Crippen LogP contribution in [0.1, 0.15) is 26.3 Å². The summed E-state index contributed by atoms with van der Waals surface area (Å²) in [7, 11) is 1.61. The molecule has 2 aromatic rings. The minimum atomic E-state index is -0.291. The number of thioether (sulfide) groups is 1. The van der Waals surface area contributed by atoms with E-state index in [0.29, 0.717) is 5.16 Å². The summed E-state index contributed by atoms with van der Waals surface area (Å²) < 4.78 is 1.37. The van der Waals surface area contributed by atoms with E-state index in [-0.39, 0.29) is 22.8 Å². The molecule has 0 aliphatic heterocycles. The van der Waals surface area contributed by atoms with Gasteiger partial charge >= 0.3 is 5.69 Å². The fraction of sp³-hybridized carbons (Fsp3) is 0.400. The van der Waals surface area contributed by atoms with Crippen molar-refractivity contribution in [2.75, 3.05) is 11.1 Å². The molecule has 0 aliphatic carbocycles. The lowest BCUT2D eigenvalue weighted by molar-refractivity contribution is -0.113. The molecule has 0 atom stereocenters. The van der Waals surface area contributed by atoms with Gasteiger partial charge in [0, 0.05) is 12.7 Å². The number of anilines is 1. The Balaban J connectivity index is 1.92. The highest BCUT2D eigenvalue weighted by Gasteiger charge is 2.13. The molecule has 7 heteroatoms. The van der Waals surface area contributed by atoms with E-state index < -0.39 is 0 Å². The van der Waals surface area contributed by atoms with Gasteiger partial charge in [-0.25, -0.2) is 9.89 Å². The van der Waals surface area contributed by atoms with Crippen LogP contribution in [0.2, 0.25) is 0 Å². The van der Waals surface area contributed by atoms with Crippen LogP contribution in [0, 0.1) is 0 Å². The molecule has 0 unspecified atom stereocenters. The van der Waals surface area contributed by atoms with Crippen LogP contribution in [0.25, 0.3) is 0 Å². The third-order valence-electron chi connectivity index (χ3n) is 3.21. The van der Waals surface area contributed by atoms with Gasteiger partial charge in [-0.3, -0.25) is 9.36 Å². The van der Waals surface area contributed by atoms with Crippen molar-refractivity contribution in [3.05, 3.63) is 40.3 Å². The van der Waals surface area contributed by atoms with Crippen LogP contribution in [-0.4, -0.2) is 26.4 Å². The Morgan fingerprint density at radius 3 is 2.45 bits per heavy atom. The van der Waals surface area contributed by atoms with E-state index in [0.717, 1.165) is 5.69 Å². The first-order chi connectivity index (χ1) is 10.3. The van der Waals surface area contributed by atoms with Crippen molar-refractivity contribution < 1.29 is 4.79 Å². The van der Waals surface area contributed by atoms with Gasteiger partial charge in [0.25, 0.3) is 0 Å². The zero-order chi connectivity index (χ0) is 16.3. The number of carbonyl (C=O) groups excluding carboxylic acids is 1. The predicted molar refractivity (Wildman–Crippen MR) is 88.3 cm³/mol.